The lowest BCUT2D eigenvalue weighted by Gasteiger charge is -2.25. The van der Waals surface area contributed by atoms with Gasteiger partial charge >= 0.3 is 0 Å². The highest BCUT2D eigenvalue weighted by atomic mass is 35.5. The zero-order chi connectivity index (χ0) is 15.2. The van der Waals surface area contributed by atoms with E-state index in [-0.39, 0.29) is 11.9 Å². The van der Waals surface area contributed by atoms with Crippen molar-refractivity contribution in [3.63, 3.8) is 0 Å². The predicted octanol–water partition coefficient (Wildman–Crippen LogP) is 3.46. The van der Waals surface area contributed by atoms with E-state index in [1.807, 2.05) is 0 Å². The average molecular weight is 306 g/mol. The number of nitriles is 1. The second-order valence-electron chi connectivity index (χ2n) is 5.51. The van der Waals surface area contributed by atoms with Gasteiger partial charge in [-0.15, -0.1) is 0 Å². The Morgan fingerprint density at radius 2 is 2.10 bits per heavy atom. The van der Waals surface area contributed by atoms with Gasteiger partial charge in [-0.25, -0.2) is 0 Å². The molecule has 4 nitrogen and oxygen atoms in total. The van der Waals surface area contributed by atoms with Crippen LogP contribution in [0, 0.1) is 11.3 Å². The van der Waals surface area contributed by atoms with Crippen molar-refractivity contribution in [3.05, 3.63) is 28.8 Å². The lowest BCUT2D eigenvalue weighted by Crippen LogP contribution is -2.44. The van der Waals surface area contributed by atoms with Crippen LogP contribution in [0.3, 0.4) is 0 Å². The van der Waals surface area contributed by atoms with Crippen molar-refractivity contribution >= 4 is 23.2 Å². The third-order valence-corrected chi connectivity index (χ3v) is 4.05. The molecular formula is C16H20ClN3O. The topological polar surface area (TPSA) is 64.9 Å². The molecule has 2 N–H and O–H groups in total. The van der Waals surface area contributed by atoms with E-state index in [0.717, 1.165) is 12.8 Å². The molecule has 0 bridgehead atoms. The highest BCUT2D eigenvalue weighted by molar-refractivity contribution is 6.30. The fourth-order valence-corrected chi connectivity index (χ4v) is 2.78. The maximum absolute atomic E-state index is 12.2. The number of hydrogen-bond donors (Lipinski definition) is 2. The van der Waals surface area contributed by atoms with Gasteiger partial charge in [0.1, 0.15) is 12.1 Å². The van der Waals surface area contributed by atoms with Gasteiger partial charge in [0.2, 0.25) is 5.91 Å². The quantitative estimate of drug-likeness (QED) is 0.895. The van der Waals surface area contributed by atoms with Crippen LogP contribution < -0.4 is 10.6 Å². The highest BCUT2D eigenvalue weighted by Crippen LogP contribution is 2.21. The lowest BCUT2D eigenvalue weighted by atomic mass is 9.95. The van der Waals surface area contributed by atoms with Crippen molar-refractivity contribution in [2.24, 2.45) is 0 Å². The molecule has 0 spiro atoms. The van der Waals surface area contributed by atoms with Gasteiger partial charge in [-0.05, 0) is 38.0 Å². The molecule has 1 unspecified atom stereocenters. The molecule has 1 atom stereocenters. The van der Waals surface area contributed by atoms with Crippen LogP contribution in [0.25, 0.3) is 0 Å². The molecule has 21 heavy (non-hydrogen) atoms. The summed E-state index contributed by atoms with van der Waals surface area (Å²) in [5, 5.41) is 15.8. The summed E-state index contributed by atoms with van der Waals surface area (Å²) >= 11 is 5.94. The number of carbonyl (C=O) groups excluding carboxylic acids is 1. The smallest absolute Gasteiger partial charge is 0.242 e. The Kier molecular flexibility index (Phi) is 5.46. The van der Waals surface area contributed by atoms with Crippen molar-refractivity contribution in [3.8, 4) is 6.07 Å². The molecule has 1 amide bonds. The SMILES string of the molecule is CC(Nc1cc(Cl)ccc1C#N)C(=O)NC1CCCCC1. The van der Waals surface area contributed by atoms with E-state index in [2.05, 4.69) is 16.7 Å². The molecule has 1 aliphatic carbocycles. The van der Waals surface area contributed by atoms with Crippen molar-refractivity contribution in [2.75, 3.05) is 5.32 Å². The van der Waals surface area contributed by atoms with Gasteiger partial charge in [-0.1, -0.05) is 30.9 Å². The second kappa shape index (κ2) is 7.33. The molecule has 1 aliphatic rings. The molecule has 1 fully saturated rings. The van der Waals surface area contributed by atoms with Gasteiger partial charge in [0, 0.05) is 11.1 Å². The van der Waals surface area contributed by atoms with Gasteiger partial charge in [0.05, 0.1) is 11.3 Å². The van der Waals surface area contributed by atoms with Crippen molar-refractivity contribution in [1.29, 1.82) is 5.26 Å². The molecule has 2 rings (SSSR count). The van der Waals surface area contributed by atoms with Crippen molar-refractivity contribution < 1.29 is 4.79 Å². The first-order valence-corrected chi connectivity index (χ1v) is 7.74. The Hall–Kier alpha value is -1.73. The number of carbonyl (C=O) groups is 1. The molecule has 1 aromatic carbocycles. The summed E-state index contributed by atoms with van der Waals surface area (Å²) in [6.45, 7) is 1.79. The highest BCUT2D eigenvalue weighted by Gasteiger charge is 2.20. The third-order valence-electron chi connectivity index (χ3n) is 3.82. The Labute approximate surface area is 130 Å². The molecule has 5 heteroatoms. The van der Waals surface area contributed by atoms with Crippen molar-refractivity contribution in [2.45, 2.75) is 51.1 Å². The average Bonchev–Trinajstić information content (AvgIpc) is 2.48. The molecule has 0 aliphatic heterocycles. The summed E-state index contributed by atoms with van der Waals surface area (Å²) in [5.41, 5.74) is 1.08. The van der Waals surface area contributed by atoms with Gasteiger partial charge in [0.25, 0.3) is 0 Å². The number of amides is 1. The molecule has 0 aromatic heterocycles. The van der Waals surface area contributed by atoms with Crippen LogP contribution in [0.2, 0.25) is 5.02 Å². The number of anilines is 1. The molecule has 0 heterocycles. The molecule has 1 saturated carbocycles. The van der Waals surface area contributed by atoms with Crippen LogP contribution in [-0.4, -0.2) is 18.0 Å². The first kappa shape index (κ1) is 15.7. The number of benzene rings is 1. The van der Waals surface area contributed by atoms with Gasteiger partial charge in [-0.2, -0.15) is 5.26 Å². The predicted molar refractivity (Wildman–Crippen MR) is 84.3 cm³/mol. The van der Waals surface area contributed by atoms with E-state index in [1.165, 1.54) is 19.3 Å². The number of nitrogens with one attached hydrogen (secondary N) is 2. The van der Waals surface area contributed by atoms with Crippen LogP contribution in [0.15, 0.2) is 18.2 Å². The lowest BCUT2D eigenvalue weighted by molar-refractivity contribution is -0.122. The summed E-state index contributed by atoms with van der Waals surface area (Å²) in [6.07, 6.45) is 5.73. The van der Waals surface area contributed by atoms with Crippen LogP contribution in [0.1, 0.15) is 44.6 Å². The Morgan fingerprint density at radius 3 is 2.76 bits per heavy atom. The molecule has 0 saturated heterocycles. The van der Waals surface area contributed by atoms with Crippen LogP contribution in [0.5, 0.6) is 0 Å². The normalized spacial score (nSPS) is 16.8. The van der Waals surface area contributed by atoms with Crippen LogP contribution >= 0.6 is 11.6 Å². The Bertz CT molecular complexity index is 547. The monoisotopic (exact) mass is 305 g/mol. The minimum Gasteiger partial charge on any atom is -0.373 e. The second-order valence-corrected chi connectivity index (χ2v) is 5.95. The summed E-state index contributed by atoms with van der Waals surface area (Å²) in [4.78, 5) is 12.2. The van der Waals surface area contributed by atoms with Crippen molar-refractivity contribution in [1.82, 2.24) is 5.32 Å². The summed E-state index contributed by atoms with van der Waals surface area (Å²) in [6, 6.07) is 6.96. The summed E-state index contributed by atoms with van der Waals surface area (Å²) < 4.78 is 0. The zero-order valence-electron chi connectivity index (χ0n) is 12.2. The Balaban J connectivity index is 1.97. The fourth-order valence-electron chi connectivity index (χ4n) is 2.61. The maximum Gasteiger partial charge on any atom is 0.242 e. The molecule has 0 radical (unpaired) electrons. The van der Waals surface area contributed by atoms with Gasteiger partial charge < -0.3 is 10.6 Å². The van der Waals surface area contributed by atoms with Crippen LogP contribution in [-0.2, 0) is 4.79 Å². The zero-order valence-corrected chi connectivity index (χ0v) is 12.9. The minimum absolute atomic E-state index is 0.0363. The van der Waals surface area contributed by atoms with Gasteiger partial charge in [0.15, 0.2) is 0 Å². The first-order chi connectivity index (χ1) is 10.1. The van der Waals surface area contributed by atoms with E-state index in [0.29, 0.717) is 16.3 Å². The number of hydrogen-bond acceptors (Lipinski definition) is 3. The van der Waals surface area contributed by atoms with E-state index in [1.54, 1.807) is 25.1 Å². The molecule has 112 valence electrons. The number of halogens is 1. The summed E-state index contributed by atoms with van der Waals surface area (Å²) in [5.74, 6) is -0.0363. The number of rotatable bonds is 4. The first-order valence-electron chi connectivity index (χ1n) is 7.36. The van der Waals surface area contributed by atoms with E-state index in [4.69, 9.17) is 16.9 Å². The minimum atomic E-state index is -0.405. The van der Waals surface area contributed by atoms with Gasteiger partial charge in [-0.3, -0.25) is 4.79 Å². The van der Waals surface area contributed by atoms with E-state index < -0.39 is 6.04 Å². The molecule has 1 aromatic rings. The number of nitrogens with zero attached hydrogens (tertiary/aromatic N) is 1. The standard InChI is InChI=1S/C16H20ClN3O/c1-11(16(21)20-14-5-3-2-4-6-14)19-15-9-13(17)8-7-12(15)10-18/h7-9,11,14,19H,2-6H2,1H3,(H,20,21). The van der Waals surface area contributed by atoms with E-state index in [9.17, 15) is 4.79 Å². The summed E-state index contributed by atoms with van der Waals surface area (Å²) in [7, 11) is 0. The largest absolute Gasteiger partial charge is 0.373 e. The molecular weight excluding hydrogens is 286 g/mol. The Morgan fingerprint density at radius 1 is 1.38 bits per heavy atom. The van der Waals surface area contributed by atoms with Crippen LogP contribution in [0.4, 0.5) is 5.69 Å². The fraction of sp³-hybridized carbons (Fsp3) is 0.500. The maximum atomic E-state index is 12.2. The third kappa shape index (κ3) is 4.37. The van der Waals surface area contributed by atoms with E-state index >= 15 is 0 Å².